The molecule has 0 atom stereocenters. The highest BCUT2D eigenvalue weighted by Gasteiger charge is 2.24. The van der Waals surface area contributed by atoms with Gasteiger partial charge in [-0.25, -0.2) is 0 Å². The summed E-state index contributed by atoms with van der Waals surface area (Å²) in [6.45, 7) is 0. The van der Waals surface area contributed by atoms with Crippen LogP contribution in [-0.2, 0) is 0 Å². The molecule has 0 aliphatic heterocycles. The second kappa shape index (κ2) is 16.1. The summed E-state index contributed by atoms with van der Waals surface area (Å²) < 4.78 is 2.41. The summed E-state index contributed by atoms with van der Waals surface area (Å²) in [6, 6.07) is 92.3. The van der Waals surface area contributed by atoms with Gasteiger partial charge in [0.1, 0.15) is 0 Å². The lowest BCUT2D eigenvalue weighted by atomic mass is 9.90. The average Bonchev–Trinajstić information content (AvgIpc) is 3.70. The molecule has 292 valence electrons. The monoisotopic (exact) mass is 790 g/mol. The Morgan fingerprint density at radius 1 is 0.274 bits per heavy atom. The number of aromatic nitrogens is 1. The maximum Gasteiger partial charge on any atom is 0.0546 e. The largest absolute Gasteiger partial charge is 0.309 e. The fourth-order valence-electron chi connectivity index (χ4n) is 9.12. The number of hydrogen-bond acceptors (Lipinski definition) is 1. The third kappa shape index (κ3) is 6.74. The van der Waals surface area contributed by atoms with Crippen molar-refractivity contribution < 1.29 is 0 Å². The van der Waals surface area contributed by atoms with Crippen LogP contribution in [0.4, 0.5) is 17.1 Å². The van der Waals surface area contributed by atoms with E-state index in [1.165, 1.54) is 38.5 Å². The average molecular weight is 791 g/mol. The van der Waals surface area contributed by atoms with Crippen LogP contribution in [0.5, 0.6) is 0 Å². The SMILES string of the molecule is c1ccc(-c2ccc(N(c3cc(-c4ccccc4)ccc3-c3ccccc3)c3cccc(-c4ccccc4)c3-c3cccc(-n4c5ccccc5c5ccccc54)c3)cc2)cc1. The minimum Gasteiger partial charge on any atom is -0.309 e. The molecular weight excluding hydrogens is 749 g/mol. The van der Waals surface area contributed by atoms with Gasteiger partial charge in [-0.2, -0.15) is 0 Å². The lowest BCUT2D eigenvalue weighted by Gasteiger charge is -2.31. The van der Waals surface area contributed by atoms with E-state index in [1.54, 1.807) is 0 Å². The van der Waals surface area contributed by atoms with E-state index in [-0.39, 0.29) is 0 Å². The van der Waals surface area contributed by atoms with E-state index >= 15 is 0 Å². The zero-order chi connectivity index (χ0) is 41.2. The summed E-state index contributed by atoms with van der Waals surface area (Å²) in [5.74, 6) is 0. The summed E-state index contributed by atoms with van der Waals surface area (Å²) in [5.41, 5.74) is 18.3. The summed E-state index contributed by atoms with van der Waals surface area (Å²) in [5, 5.41) is 2.49. The van der Waals surface area contributed by atoms with Crippen molar-refractivity contribution in [2.45, 2.75) is 0 Å². The van der Waals surface area contributed by atoms with Crippen LogP contribution in [0.25, 0.3) is 83.1 Å². The van der Waals surface area contributed by atoms with Crippen molar-refractivity contribution in [3.8, 4) is 61.3 Å². The Balaban J connectivity index is 1.20. The van der Waals surface area contributed by atoms with Gasteiger partial charge in [-0.05, 0) is 93.0 Å². The first-order chi connectivity index (χ1) is 30.8. The van der Waals surface area contributed by atoms with Gasteiger partial charge in [0.25, 0.3) is 0 Å². The smallest absolute Gasteiger partial charge is 0.0546 e. The molecule has 0 saturated carbocycles. The first kappa shape index (κ1) is 36.8. The van der Waals surface area contributed by atoms with Gasteiger partial charge in [-0.1, -0.05) is 206 Å². The van der Waals surface area contributed by atoms with Gasteiger partial charge in [0.15, 0.2) is 0 Å². The first-order valence-electron chi connectivity index (χ1n) is 21.3. The van der Waals surface area contributed by atoms with Crippen molar-refractivity contribution in [2.75, 3.05) is 4.90 Å². The molecule has 0 N–H and O–H groups in total. The van der Waals surface area contributed by atoms with Crippen LogP contribution in [0.1, 0.15) is 0 Å². The third-order valence-electron chi connectivity index (χ3n) is 12.0. The molecule has 0 aliphatic carbocycles. The van der Waals surface area contributed by atoms with Gasteiger partial charge in [0.2, 0.25) is 0 Å². The molecule has 1 aromatic heterocycles. The zero-order valence-electron chi connectivity index (χ0n) is 34.1. The highest BCUT2D eigenvalue weighted by molar-refractivity contribution is 6.09. The number of rotatable bonds is 9. The van der Waals surface area contributed by atoms with Crippen molar-refractivity contribution in [3.63, 3.8) is 0 Å². The normalized spacial score (nSPS) is 11.2. The number of para-hydroxylation sites is 2. The number of nitrogens with zero attached hydrogens (tertiary/aromatic N) is 2. The second-order valence-electron chi connectivity index (χ2n) is 15.7. The molecule has 10 aromatic carbocycles. The summed E-state index contributed by atoms with van der Waals surface area (Å²) in [4.78, 5) is 2.48. The van der Waals surface area contributed by atoms with Crippen molar-refractivity contribution in [1.29, 1.82) is 0 Å². The predicted octanol–water partition coefficient (Wildman–Crippen LogP) is 16.6. The van der Waals surface area contributed by atoms with Crippen molar-refractivity contribution >= 4 is 38.9 Å². The minimum absolute atomic E-state index is 1.07. The molecule has 11 rings (SSSR count). The molecule has 2 nitrogen and oxygen atoms in total. The number of hydrogen-bond donors (Lipinski definition) is 0. The molecule has 0 aliphatic rings. The van der Waals surface area contributed by atoms with Crippen LogP contribution in [0.3, 0.4) is 0 Å². The molecule has 0 bridgehead atoms. The van der Waals surface area contributed by atoms with Crippen LogP contribution in [0.15, 0.2) is 255 Å². The number of benzene rings is 10. The minimum atomic E-state index is 1.07. The topological polar surface area (TPSA) is 8.17 Å². The van der Waals surface area contributed by atoms with Gasteiger partial charge in [0, 0.05) is 33.3 Å². The summed E-state index contributed by atoms with van der Waals surface area (Å²) in [6.07, 6.45) is 0. The summed E-state index contributed by atoms with van der Waals surface area (Å²) >= 11 is 0. The fraction of sp³-hybridized carbons (Fsp3) is 0. The predicted molar refractivity (Wildman–Crippen MR) is 263 cm³/mol. The Hall–Kier alpha value is -8.20. The molecule has 0 saturated heterocycles. The van der Waals surface area contributed by atoms with Crippen LogP contribution in [-0.4, -0.2) is 4.57 Å². The van der Waals surface area contributed by atoms with Gasteiger partial charge < -0.3 is 9.47 Å². The Morgan fingerprint density at radius 2 is 0.742 bits per heavy atom. The second-order valence-corrected chi connectivity index (χ2v) is 15.7. The molecular formula is C60H42N2. The quantitative estimate of drug-likeness (QED) is 0.141. The van der Waals surface area contributed by atoms with E-state index in [9.17, 15) is 0 Å². The Labute approximate surface area is 362 Å². The Kier molecular flexibility index (Phi) is 9.57. The first-order valence-corrected chi connectivity index (χ1v) is 21.3. The van der Waals surface area contributed by atoms with Crippen molar-refractivity contribution in [3.05, 3.63) is 255 Å². The van der Waals surface area contributed by atoms with E-state index in [1.807, 2.05) is 0 Å². The molecule has 62 heavy (non-hydrogen) atoms. The molecule has 0 spiro atoms. The lowest BCUT2D eigenvalue weighted by Crippen LogP contribution is -2.13. The van der Waals surface area contributed by atoms with E-state index in [0.717, 1.165) is 61.7 Å². The highest BCUT2D eigenvalue weighted by atomic mass is 15.1. The van der Waals surface area contributed by atoms with E-state index in [2.05, 4.69) is 264 Å². The van der Waals surface area contributed by atoms with Crippen LogP contribution < -0.4 is 4.90 Å². The van der Waals surface area contributed by atoms with Crippen molar-refractivity contribution in [2.24, 2.45) is 0 Å². The maximum absolute atomic E-state index is 2.48. The van der Waals surface area contributed by atoms with Gasteiger partial charge in [0.05, 0.1) is 22.4 Å². The fourth-order valence-corrected chi connectivity index (χ4v) is 9.12. The molecule has 0 amide bonds. The molecule has 0 fully saturated rings. The van der Waals surface area contributed by atoms with E-state index < -0.39 is 0 Å². The van der Waals surface area contributed by atoms with Gasteiger partial charge in [-0.15, -0.1) is 0 Å². The molecule has 0 radical (unpaired) electrons. The maximum atomic E-state index is 2.48. The Morgan fingerprint density at radius 3 is 1.35 bits per heavy atom. The number of fused-ring (bicyclic) bond motifs is 3. The molecule has 2 heteroatoms. The van der Waals surface area contributed by atoms with Crippen molar-refractivity contribution in [1.82, 2.24) is 4.57 Å². The summed E-state index contributed by atoms with van der Waals surface area (Å²) in [7, 11) is 0. The zero-order valence-corrected chi connectivity index (χ0v) is 34.1. The molecule has 0 unspecified atom stereocenters. The molecule has 11 aromatic rings. The third-order valence-corrected chi connectivity index (χ3v) is 12.0. The number of anilines is 3. The Bertz CT molecular complexity index is 3260. The van der Waals surface area contributed by atoms with E-state index in [0.29, 0.717) is 0 Å². The van der Waals surface area contributed by atoms with Crippen LogP contribution in [0.2, 0.25) is 0 Å². The van der Waals surface area contributed by atoms with Crippen LogP contribution >= 0.6 is 0 Å². The van der Waals surface area contributed by atoms with Crippen LogP contribution in [0, 0.1) is 0 Å². The molecule has 1 heterocycles. The van der Waals surface area contributed by atoms with Gasteiger partial charge in [-0.3, -0.25) is 0 Å². The van der Waals surface area contributed by atoms with Gasteiger partial charge >= 0.3 is 0 Å². The lowest BCUT2D eigenvalue weighted by molar-refractivity contribution is 1.18. The standard InChI is InChI=1S/C60H42N2/c1-5-19-43(20-6-1)45-35-38-50(39-36-45)61(59-42-48(44-21-7-2-8-22-44)37-40-52(59)46-23-9-3-10-24-46)58-34-18-31-53(47-25-11-4-12-26-47)60(58)49-27-17-28-51(41-49)62-56-32-15-13-29-54(56)55-30-14-16-33-57(55)62/h1-42H. The van der Waals surface area contributed by atoms with E-state index in [4.69, 9.17) is 0 Å². The highest BCUT2D eigenvalue weighted by Crippen LogP contribution is 2.49.